The quantitative estimate of drug-likeness (QED) is 0.653. The van der Waals surface area contributed by atoms with Crippen LogP contribution < -0.4 is 0 Å². The van der Waals surface area contributed by atoms with E-state index < -0.39 is 0 Å². The molecule has 0 aliphatic heterocycles. The number of thiophene rings is 1. The maximum Gasteiger partial charge on any atom is 0.202 e. The van der Waals surface area contributed by atoms with E-state index in [0.29, 0.717) is 15.3 Å². The first kappa shape index (κ1) is 10.6. The molecule has 0 amide bonds. The van der Waals surface area contributed by atoms with Gasteiger partial charge in [0.25, 0.3) is 0 Å². The Labute approximate surface area is 96.0 Å². The van der Waals surface area contributed by atoms with Gasteiger partial charge in [-0.05, 0) is 36.4 Å². The fourth-order valence-corrected chi connectivity index (χ4v) is 2.08. The molecule has 0 fully saturated rings. The number of carbonyl (C=O) groups excluding carboxylic acids is 2. The molecule has 1 aromatic carbocycles. The minimum Gasteiger partial charge on any atom is -0.508 e. The minimum atomic E-state index is -0.141. The second-order valence-corrected chi connectivity index (χ2v) is 4.31. The molecule has 0 saturated carbocycles. The average Bonchev–Trinajstić information content (AvgIpc) is 2.77. The van der Waals surface area contributed by atoms with Crippen LogP contribution in [-0.2, 0) is 0 Å². The summed E-state index contributed by atoms with van der Waals surface area (Å²) in [4.78, 5) is 23.4. The van der Waals surface area contributed by atoms with Gasteiger partial charge in [-0.2, -0.15) is 0 Å². The Balaban J connectivity index is 2.31. The molecule has 0 bridgehead atoms. The number of hydrogen-bond donors (Lipinski definition) is 1. The lowest BCUT2D eigenvalue weighted by atomic mass is 10.1. The number of aldehydes is 1. The third-order valence-corrected chi connectivity index (χ3v) is 3.11. The normalized spacial score (nSPS) is 10.0. The molecule has 0 spiro atoms. The van der Waals surface area contributed by atoms with Gasteiger partial charge in [0.05, 0.1) is 9.75 Å². The van der Waals surface area contributed by atoms with Crippen LogP contribution in [0.5, 0.6) is 5.75 Å². The molecule has 0 aliphatic carbocycles. The summed E-state index contributed by atoms with van der Waals surface area (Å²) in [5.74, 6) is -0.0191. The maximum atomic E-state index is 11.9. The summed E-state index contributed by atoms with van der Waals surface area (Å²) in [5, 5.41) is 9.10. The number of hydrogen-bond acceptors (Lipinski definition) is 4. The maximum absolute atomic E-state index is 11.9. The predicted octanol–water partition coefficient (Wildman–Crippen LogP) is 2.50. The lowest BCUT2D eigenvalue weighted by Crippen LogP contribution is -1.97. The molecule has 0 radical (unpaired) electrons. The smallest absolute Gasteiger partial charge is 0.202 e. The summed E-state index contributed by atoms with van der Waals surface area (Å²) in [6.07, 6.45) is 0.721. The van der Waals surface area contributed by atoms with E-state index in [9.17, 15) is 9.59 Å². The second-order valence-electron chi connectivity index (χ2n) is 3.20. The first-order valence-electron chi connectivity index (χ1n) is 4.59. The van der Waals surface area contributed by atoms with E-state index in [2.05, 4.69) is 0 Å². The molecule has 16 heavy (non-hydrogen) atoms. The van der Waals surface area contributed by atoms with Gasteiger partial charge in [-0.3, -0.25) is 9.59 Å². The van der Waals surface area contributed by atoms with Gasteiger partial charge in [-0.1, -0.05) is 0 Å². The van der Waals surface area contributed by atoms with Gasteiger partial charge in [0.2, 0.25) is 5.78 Å². The van der Waals surface area contributed by atoms with Crippen molar-refractivity contribution in [3.05, 3.63) is 51.7 Å². The third-order valence-electron chi connectivity index (χ3n) is 2.10. The summed E-state index contributed by atoms with van der Waals surface area (Å²) in [6.45, 7) is 0. The van der Waals surface area contributed by atoms with Gasteiger partial charge >= 0.3 is 0 Å². The predicted molar refractivity (Wildman–Crippen MR) is 61.2 cm³/mol. The van der Waals surface area contributed by atoms with Gasteiger partial charge in [-0.25, -0.2) is 0 Å². The Morgan fingerprint density at radius 2 is 1.81 bits per heavy atom. The van der Waals surface area contributed by atoms with Crippen LogP contribution in [-0.4, -0.2) is 17.2 Å². The second kappa shape index (κ2) is 4.28. The van der Waals surface area contributed by atoms with E-state index >= 15 is 0 Å². The molecule has 0 atom stereocenters. The Morgan fingerprint density at radius 1 is 1.12 bits per heavy atom. The van der Waals surface area contributed by atoms with Crippen LogP contribution in [0.2, 0.25) is 0 Å². The molecule has 4 heteroatoms. The number of phenolic OH excluding ortho intramolecular Hbond substituents is 1. The molecule has 2 rings (SSSR count). The zero-order valence-corrected chi connectivity index (χ0v) is 9.03. The molecular formula is C12H8O3S. The molecule has 0 aliphatic rings. The van der Waals surface area contributed by atoms with E-state index in [0.717, 1.165) is 17.6 Å². The van der Waals surface area contributed by atoms with Crippen LogP contribution in [0.25, 0.3) is 0 Å². The zero-order valence-electron chi connectivity index (χ0n) is 8.21. The van der Waals surface area contributed by atoms with Gasteiger partial charge < -0.3 is 5.11 Å². The number of carbonyl (C=O) groups is 2. The van der Waals surface area contributed by atoms with Gasteiger partial charge in [0.15, 0.2) is 6.29 Å². The average molecular weight is 232 g/mol. The van der Waals surface area contributed by atoms with Crippen molar-refractivity contribution in [3.63, 3.8) is 0 Å². The fourth-order valence-electron chi connectivity index (χ4n) is 1.29. The van der Waals surface area contributed by atoms with Crippen LogP contribution in [0, 0.1) is 0 Å². The Bertz CT molecular complexity index is 525. The topological polar surface area (TPSA) is 54.4 Å². The molecule has 1 N–H and O–H groups in total. The fraction of sp³-hybridized carbons (Fsp3) is 0. The van der Waals surface area contributed by atoms with E-state index in [1.807, 2.05) is 0 Å². The number of benzene rings is 1. The summed E-state index contributed by atoms with van der Waals surface area (Å²) < 4.78 is 0. The lowest BCUT2D eigenvalue weighted by molar-refractivity contribution is 0.104. The molecule has 80 valence electrons. The van der Waals surface area contributed by atoms with Crippen molar-refractivity contribution in [3.8, 4) is 5.75 Å². The Hall–Kier alpha value is -1.94. The standard InChI is InChI=1S/C12H8O3S/c13-7-10-5-6-11(16-10)12(15)8-1-3-9(14)4-2-8/h1-7,14H. The minimum absolute atomic E-state index is 0.122. The molecule has 1 aromatic heterocycles. The number of ketones is 1. The summed E-state index contributed by atoms with van der Waals surface area (Å²) in [6, 6.07) is 9.27. The molecule has 2 aromatic rings. The van der Waals surface area contributed by atoms with E-state index in [-0.39, 0.29) is 11.5 Å². The third kappa shape index (κ3) is 2.01. The molecule has 3 nitrogen and oxygen atoms in total. The van der Waals surface area contributed by atoms with Crippen molar-refractivity contribution < 1.29 is 14.7 Å². The molecule has 0 unspecified atom stereocenters. The van der Waals surface area contributed by atoms with Crippen molar-refractivity contribution in [2.24, 2.45) is 0 Å². The van der Waals surface area contributed by atoms with E-state index in [1.165, 1.54) is 12.1 Å². The largest absolute Gasteiger partial charge is 0.508 e. The summed E-state index contributed by atoms with van der Waals surface area (Å²) in [7, 11) is 0. The highest BCUT2D eigenvalue weighted by atomic mass is 32.1. The number of phenols is 1. The molecule has 0 saturated heterocycles. The molecular weight excluding hydrogens is 224 g/mol. The Kier molecular flexibility index (Phi) is 2.83. The van der Waals surface area contributed by atoms with Crippen LogP contribution >= 0.6 is 11.3 Å². The van der Waals surface area contributed by atoms with Gasteiger partial charge in [0.1, 0.15) is 5.75 Å². The lowest BCUT2D eigenvalue weighted by Gasteiger charge is -1.97. The summed E-state index contributed by atoms with van der Waals surface area (Å²) >= 11 is 1.16. The van der Waals surface area contributed by atoms with Crippen molar-refractivity contribution >= 4 is 23.4 Å². The van der Waals surface area contributed by atoms with E-state index in [4.69, 9.17) is 5.11 Å². The van der Waals surface area contributed by atoms with Crippen LogP contribution in [0.1, 0.15) is 24.9 Å². The number of aromatic hydroxyl groups is 1. The van der Waals surface area contributed by atoms with Crippen LogP contribution in [0.4, 0.5) is 0 Å². The monoisotopic (exact) mass is 232 g/mol. The van der Waals surface area contributed by atoms with Gasteiger partial charge in [0, 0.05) is 5.56 Å². The first-order chi connectivity index (χ1) is 7.70. The first-order valence-corrected chi connectivity index (χ1v) is 5.41. The van der Waals surface area contributed by atoms with Crippen molar-refractivity contribution in [2.45, 2.75) is 0 Å². The number of rotatable bonds is 3. The van der Waals surface area contributed by atoms with Gasteiger partial charge in [-0.15, -0.1) is 11.3 Å². The zero-order chi connectivity index (χ0) is 11.5. The highest BCUT2D eigenvalue weighted by Gasteiger charge is 2.11. The molecule has 1 heterocycles. The highest BCUT2D eigenvalue weighted by Crippen LogP contribution is 2.20. The van der Waals surface area contributed by atoms with Crippen molar-refractivity contribution in [1.82, 2.24) is 0 Å². The van der Waals surface area contributed by atoms with Crippen LogP contribution in [0.3, 0.4) is 0 Å². The highest BCUT2D eigenvalue weighted by molar-refractivity contribution is 7.15. The van der Waals surface area contributed by atoms with Crippen LogP contribution in [0.15, 0.2) is 36.4 Å². The van der Waals surface area contributed by atoms with Crippen molar-refractivity contribution in [2.75, 3.05) is 0 Å². The SMILES string of the molecule is O=Cc1ccc(C(=O)c2ccc(O)cc2)s1. The van der Waals surface area contributed by atoms with Crippen molar-refractivity contribution in [1.29, 1.82) is 0 Å². The summed E-state index contributed by atoms with van der Waals surface area (Å²) in [5.41, 5.74) is 0.497. The van der Waals surface area contributed by atoms with E-state index in [1.54, 1.807) is 24.3 Å². The Morgan fingerprint density at radius 3 is 2.38 bits per heavy atom.